The van der Waals surface area contributed by atoms with E-state index in [0.29, 0.717) is 25.7 Å². The van der Waals surface area contributed by atoms with E-state index < -0.39 is 0 Å². The van der Waals surface area contributed by atoms with Gasteiger partial charge >= 0.3 is 0 Å². The Labute approximate surface area is 104 Å². The van der Waals surface area contributed by atoms with Crippen LogP contribution >= 0.6 is 0 Å². The summed E-state index contributed by atoms with van der Waals surface area (Å²) in [4.78, 5) is 0. The second kappa shape index (κ2) is 9.79. The highest BCUT2D eigenvalue weighted by Crippen LogP contribution is 2.20. The third-order valence-corrected chi connectivity index (χ3v) is 2.95. The molecule has 0 saturated carbocycles. The van der Waals surface area contributed by atoms with Gasteiger partial charge in [-0.05, 0) is 6.42 Å². The van der Waals surface area contributed by atoms with Crippen LogP contribution in [0.5, 0.6) is 0 Å². The normalized spacial score (nSPS) is 24.4. The maximum atomic E-state index is 5.67. The number of hydrogen-bond acceptors (Lipinski definition) is 5. The van der Waals surface area contributed by atoms with E-state index in [1.807, 2.05) is 0 Å². The average Bonchev–Trinajstić information content (AvgIpc) is 2.78. The number of rotatable bonds is 10. The molecule has 1 aliphatic heterocycles. The highest BCUT2D eigenvalue weighted by molar-refractivity contribution is 4.77. The van der Waals surface area contributed by atoms with Crippen molar-refractivity contribution in [3.05, 3.63) is 0 Å². The van der Waals surface area contributed by atoms with Gasteiger partial charge in [-0.25, -0.2) is 0 Å². The molecule has 0 amide bonds. The molecule has 0 bridgehead atoms. The largest absolute Gasteiger partial charge is 0.383 e. The minimum Gasteiger partial charge on any atom is -0.383 e. The van der Waals surface area contributed by atoms with Crippen molar-refractivity contribution in [2.24, 2.45) is 5.92 Å². The van der Waals surface area contributed by atoms with Gasteiger partial charge in [-0.1, -0.05) is 0 Å². The van der Waals surface area contributed by atoms with Crippen LogP contribution < -0.4 is 5.32 Å². The lowest BCUT2D eigenvalue weighted by molar-refractivity contribution is -0.0124. The van der Waals surface area contributed by atoms with E-state index >= 15 is 0 Å². The van der Waals surface area contributed by atoms with Crippen LogP contribution in [0.3, 0.4) is 0 Å². The summed E-state index contributed by atoms with van der Waals surface area (Å²) in [6.45, 7) is 5.41. The van der Waals surface area contributed by atoms with Gasteiger partial charge < -0.3 is 24.3 Å². The first-order valence-electron chi connectivity index (χ1n) is 6.26. The van der Waals surface area contributed by atoms with Crippen molar-refractivity contribution in [3.8, 4) is 0 Å². The predicted octanol–water partition coefficient (Wildman–Crippen LogP) is 0.291. The summed E-state index contributed by atoms with van der Waals surface area (Å²) < 4.78 is 21.1. The SMILES string of the molecule is COCCNCC1CCOC1COCCOC. The van der Waals surface area contributed by atoms with Gasteiger partial charge in [0, 0.05) is 39.8 Å². The van der Waals surface area contributed by atoms with E-state index in [2.05, 4.69) is 5.32 Å². The van der Waals surface area contributed by atoms with Crippen LogP contribution in [-0.2, 0) is 18.9 Å². The monoisotopic (exact) mass is 247 g/mol. The quantitative estimate of drug-likeness (QED) is 0.562. The number of nitrogens with one attached hydrogen (secondary N) is 1. The molecule has 0 aromatic rings. The second-order valence-electron chi connectivity index (χ2n) is 4.22. The van der Waals surface area contributed by atoms with Gasteiger partial charge in [0.1, 0.15) is 0 Å². The lowest BCUT2D eigenvalue weighted by Gasteiger charge is -2.19. The van der Waals surface area contributed by atoms with Gasteiger partial charge in [0.05, 0.1) is 32.5 Å². The molecule has 0 spiro atoms. The molecule has 1 N–H and O–H groups in total. The Bertz CT molecular complexity index is 162. The summed E-state index contributed by atoms with van der Waals surface area (Å²) in [5, 5.41) is 3.37. The maximum absolute atomic E-state index is 5.67. The van der Waals surface area contributed by atoms with E-state index in [4.69, 9.17) is 18.9 Å². The molecular formula is C12H25NO4. The van der Waals surface area contributed by atoms with Crippen LogP contribution in [0.25, 0.3) is 0 Å². The van der Waals surface area contributed by atoms with Gasteiger partial charge in [-0.3, -0.25) is 0 Å². The molecule has 2 atom stereocenters. The van der Waals surface area contributed by atoms with E-state index in [0.717, 1.165) is 32.7 Å². The number of ether oxygens (including phenoxy) is 4. The minimum absolute atomic E-state index is 0.224. The zero-order chi connectivity index (χ0) is 12.3. The molecule has 1 rings (SSSR count). The Morgan fingerprint density at radius 1 is 1.18 bits per heavy atom. The van der Waals surface area contributed by atoms with Crippen molar-refractivity contribution < 1.29 is 18.9 Å². The second-order valence-corrected chi connectivity index (χ2v) is 4.22. The van der Waals surface area contributed by atoms with E-state index in [-0.39, 0.29) is 6.10 Å². The van der Waals surface area contributed by atoms with Gasteiger partial charge in [-0.2, -0.15) is 0 Å². The van der Waals surface area contributed by atoms with Crippen LogP contribution in [0.2, 0.25) is 0 Å². The van der Waals surface area contributed by atoms with Crippen LogP contribution in [0.1, 0.15) is 6.42 Å². The van der Waals surface area contributed by atoms with E-state index in [1.165, 1.54) is 0 Å². The standard InChI is InChI=1S/C12H25NO4/c1-14-6-4-13-9-11-3-5-17-12(11)10-16-8-7-15-2/h11-13H,3-10H2,1-2H3. The maximum Gasteiger partial charge on any atom is 0.0849 e. The Kier molecular flexibility index (Phi) is 8.56. The van der Waals surface area contributed by atoms with Gasteiger partial charge in [0.2, 0.25) is 0 Å². The average molecular weight is 247 g/mol. The van der Waals surface area contributed by atoms with Gasteiger partial charge in [0.25, 0.3) is 0 Å². The van der Waals surface area contributed by atoms with Crippen molar-refractivity contribution in [1.29, 1.82) is 0 Å². The Morgan fingerprint density at radius 2 is 2.00 bits per heavy atom. The highest BCUT2D eigenvalue weighted by Gasteiger charge is 2.27. The molecule has 5 heteroatoms. The fourth-order valence-electron chi connectivity index (χ4n) is 1.91. The Morgan fingerprint density at radius 3 is 2.76 bits per heavy atom. The molecule has 2 unspecified atom stereocenters. The molecule has 0 radical (unpaired) electrons. The van der Waals surface area contributed by atoms with Gasteiger partial charge in [0.15, 0.2) is 0 Å². The van der Waals surface area contributed by atoms with Crippen LogP contribution in [0.15, 0.2) is 0 Å². The highest BCUT2D eigenvalue weighted by atomic mass is 16.5. The van der Waals surface area contributed by atoms with Gasteiger partial charge in [-0.15, -0.1) is 0 Å². The topological polar surface area (TPSA) is 49.0 Å². The fourth-order valence-corrected chi connectivity index (χ4v) is 1.91. The van der Waals surface area contributed by atoms with E-state index in [9.17, 15) is 0 Å². The molecule has 0 aliphatic carbocycles. The smallest absolute Gasteiger partial charge is 0.0849 e. The molecule has 102 valence electrons. The van der Waals surface area contributed by atoms with Crippen molar-refractivity contribution in [2.45, 2.75) is 12.5 Å². The molecule has 1 aliphatic rings. The first-order valence-corrected chi connectivity index (χ1v) is 6.26. The molecule has 17 heavy (non-hydrogen) atoms. The molecule has 1 fully saturated rings. The molecular weight excluding hydrogens is 222 g/mol. The summed E-state index contributed by atoms with van der Waals surface area (Å²) in [5.41, 5.74) is 0. The Hall–Kier alpha value is -0.200. The molecule has 1 heterocycles. The summed E-state index contributed by atoms with van der Waals surface area (Å²) in [7, 11) is 3.39. The third kappa shape index (κ3) is 6.33. The fraction of sp³-hybridized carbons (Fsp3) is 1.00. The van der Waals surface area contributed by atoms with Crippen molar-refractivity contribution >= 4 is 0 Å². The summed E-state index contributed by atoms with van der Waals surface area (Å²) in [5.74, 6) is 0.550. The minimum atomic E-state index is 0.224. The summed E-state index contributed by atoms with van der Waals surface area (Å²) in [6, 6.07) is 0. The molecule has 1 saturated heterocycles. The predicted molar refractivity (Wildman–Crippen MR) is 65.3 cm³/mol. The van der Waals surface area contributed by atoms with Crippen molar-refractivity contribution in [3.63, 3.8) is 0 Å². The summed E-state index contributed by atoms with van der Waals surface area (Å²) >= 11 is 0. The molecule has 5 nitrogen and oxygen atoms in total. The van der Waals surface area contributed by atoms with Crippen molar-refractivity contribution in [2.75, 3.05) is 60.3 Å². The van der Waals surface area contributed by atoms with E-state index in [1.54, 1.807) is 14.2 Å². The van der Waals surface area contributed by atoms with Crippen LogP contribution in [0, 0.1) is 5.92 Å². The van der Waals surface area contributed by atoms with Crippen LogP contribution in [-0.4, -0.2) is 66.4 Å². The zero-order valence-electron chi connectivity index (χ0n) is 10.9. The third-order valence-electron chi connectivity index (χ3n) is 2.95. The first-order chi connectivity index (χ1) is 8.38. The number of hydrogen-bond donors (Lipinski definition) is 1. The van der Waals surface area contributed by atoms with Crippen molar-refractivity contribution in [1.82, 2.24) is 5.32 Å². The zero-order valence-corrected chi connectivity index (χ0v) is 10.9. The number of methoxy groups -OCH3 is 2. The Balaban J connectivity index is 2.06. The molecule has 0 aromatic carbocycles. The van der Waals surface area contributed by atoms with Crippen LogP contribution in [0.4, 0.5) is 0 Å². The summed E-state index contributed by atoms with van der Waals surface area (Å²) in [6.07, 6.45) is 1.33. The lowest BCUT2D eigenvalue weighted by Crippen LogP contribution is -2.33. The lowest BCUT2D eigenvalue weighted by atomic mass is 10.0. The first kappa shape index (κ1) is 14.9. The molecule has 0 aromatic heterocycles.